The maximum atomic E-state index is 10.8. The largest absolute Gasteiger partial charge is 0.480 e. The molecular formula is C19H18N2O6. The highest BCUT2D eigenvalue weighted by atomic mass is 16.6. The van der Waals surface area contributed by atoms with E-state index in [1.54, 1.807) is 0 Å². The number of benzene rings is 2. The van der Waals surface area contributed by atoms with Crippen LogP contribution in [0.25, 0.3) is 11.1 Å². The topological polar surface area (TPSA) is 128 Å². The summed E-state index contributed by atoms with van der Waals surface area (Å²) in [5, 5.41) is 33.8. The molecule has 8 nitrogen and oxygen atoms in total. The molecule has 0 saturated heterocycles. The lowest BCUT2D eigenvalue weighted by molar-refractivity contribution is -0.151. The van der Waals surface area contributed by atoms with E-state index in [2.05, 4.69) is 10.5 Å². The van der Waals surface area contributed by atoms with Gasteiger partial charge < -0.3 is 20.2 Å². The number of aliphatic hydroxyl groups excluding tert-OH is 1. The van der Waals surface area contributed by atoms with Gasteiger partial charge in [0.25, 0.3) is 0 Å². The minimum atomic E-state index is -1.79. The molecule has 27 heavy (non-hydrogen) atoms. The summed E-state index contributed by atoms with van der Waals surface area (Å²) >= 11 is 0. The quantitative estimate of drug-likeness (QED) is 0.343. The monoisotopic (exact) mass is 370 g/mol. The fourth-order valence-corrected chi connectivity index (χ4v) is 2.87. The van der Waals surface area contributed by atoms with Crippen molar-refractivity contribution in [1.82, 2.24) is 5.32 Å². The zero-order chi connectivity index (χ0) is 19.4. The van der Waals surface area contributed by atoms with Gasteiger partial charge in [0.1, 0.15) is 18.4 Å². The first-order valence-corrected chi connectivity index (χ1v) is 8.25. The van der Waals surface area contributed by atoms with Crippen molar-refractivity contribution in [2.45, 2.75) is 12.1 Å². The Kier molecular flexibility index (Phi) is 5.49. The number of rotatable bonds is 8. The maximum absolute atomic E-state index is 10.8. The number of nitrogens with one attached hydrogen (secondary N) is 1. The second-order valence-corrected chi connectivity index (χ2v) is 6.00. The summed E-state index contributed by atoms with van der Waals surface area (Å²) in [6, 6.07) is 13.7. The third-order valence-corrected chi connectivity index (χ3v) is 4.13. The molecule has 3 rings (SSSR count). The Morgan fingerprint density at radius 3 is 1.89 bits per heavy atom. The lowest BCUT2D eigenvalue weighted by atomic mass is 10.1. The molecule has 0 aromatic heterocycles. The number of nitrogens with zero attached hydrogens (tertiary/aromatic N) is 1. The molecule has 2 aromatic rings. The summed E-state index contributed by atoms with van der Waals surface area (Å²) in [7, 11) is 0. The highest BCUT2D eigenvalue weighted by Crippen LogP contribution is 2.36. The first-order valence-electron chi connectivity index (χ1n) is 8.25. The lowest BCUT2D eigenvalue weighted by Crippen LogP contribution is -2.46. The summed E-state index contributed by atoms with van der Waals surface area (Å²) in [6.07, 6.45) is -1.12. The van der Waals surface area contributed by atoms with Gasteiger partial charge in [-0.1, -0.05) is 53.7 Å². The molecule has 0 bridgehead atoms. The molecule has 4 N–H and O–H groups in total. The van der Waals surface area contributed by atoms with Gasteiger partial charge in [0.15, 0.2) is 0 Å². The standard InChI is InChI=1S/C19H18N2O6/c22-11(9-20-17(18(23)24)19(25)26)10-27-21-16-14-7-3-1-5-12(14)13-6-2-4-8-15(13)16/h1-8,11,17,20,22H,9-10H2,(H,23,24)(H,25,26)/t11-/m1/s1. The van der Waals surface area contributed by atoms with Crippen molar-refractivity contribution in [2.24, 2.45) is 5.16 Å². The van der Waals surface area contributed by atoms with Crippen LogP contribution < -0.4 is 5.32 Å². The molecule has 8 heteroatoms. The highest BCUT2D eigenvalue weighted by Gasteiger charge is 2.26. The van der Waals surface area contributed by atoms with E-state index in [1.807, 2.05) is 48.5 Å². The smallest absolute Gasteiger partial charge is 0.332 e. The van der Waals surface area contributed by atoms with Crippen molar-refractivity contribution in [1.29, 1.82) is 0 Å². The van der Waals surface area contributed by atoms with Crippen LogP contribution in [0.2, 0.25) is 0 Å². The Hall–Kier alpha value is -3.23. The van der Waals surface area contributed by atoms with E-state index in [9.17, 15) is 14.7 Å². The Bertz CT molecular complexity index is 834. The summed E-state index contributed by atoms with van der Waals surface area (Å²) in [5.74, 6) is -3.06. The number of aliphatic hydroxyl groups is 1. The average molecular weight is 370 g/mol. The molecule has 0 fully saturated rings. The van der Waals surface area contributed by atoms with Crippen LogP contribution in [0.3, 0.4) is 0 Å². The van der Waals surface area contributed by atoms with Crippen molar-refractivity contribution >= 4 is 17.7 Å². The minimum absolute atomic E-state index is 0.215. The second kappa shape index (κ2) is 7.98. The molecular weight excluding hydrogens is 352 g/mol. The second-order valence-electron chi connectivity index (χ2n) is 6.00. The van der Waals surface area contributed by atoms with Crippen molar-refractivity contribution < 1.29 is 29.7 Å². The van der Waals surface area contributed by atoms with E-state index in [1.165, 1.54) is 0 Å². The van der Waals surface area contributed by atoms with Gasteiger partial charge in [-0.3, -0.25) is 5.32 Å². The number of oxime groups is 1. The summed E-state index contributed by atoms with van der Waals surface area (Å²) < 4.78 is 0. The molecule has 1 aliphatic carbocycles. The highest BCUT2D eigenvalue weighted by molar-refractivity contribution is 6.24. The van der Waals surface area contributed by atoms with Crippen LogP contribution in [0, 0.1) is 0 Å². The molecule has 1 aliphatic rings. The number of carboxylic acid groups (broad SMARTS) is 2. The first kappa shape index (κ1) is 18.6. The van der Waals surface area contributed by atoms with Gasteiger partial charge in [-0.05, 0) is 11.1 Å². The molecule has 1 atom stereocenters. The van der Waals surface area contributed by atoms with Gasteiger partial charge in [-0.2, -0.15) is 0 Å². The molecule has 0 aliphatic heterocycles. The molecule has 0 unspecified atom stereocenters. The number of carbonyl (C=O) groups is 2. The fraction of sp³-hybridized carbons (Fsp3) is 0.211. The van der Waals surface area contributed by atoms with Crippen LogP contribution in [0.15, 0.2) is 53.7 Å². The molecule has 0 amide bonds. The van der Waals surface area contributed by atoms with Crippen LogP contribution in [0.1, 0.15) is 11.1 Å². The van der Waals surface area contributed by atoms with E-state index in [0.29, 0.717) is 5.71 Å². The maximum Gasteiger partial charge on any atom is 0.332 e. The molecule has 140 valence electrons. The van der Waals surface area contributed by atoms with Gasteiger partial charge in [-0.25, -0.2) is 9.59 Å². The van der Waals surface area contributed by atoms with Gasteiger partial charge in [0.2, 0.25) is 6.04 Å². The number of aliphatic carboxylic acids is 2. The summed E-state index contributed by atoms with van der Waals surface area (Å²) in [5.41, 5.74) is 4.58. The third kappa shape index (κ3) is 3.97. The zero-order valence-electron chi connectivity index (χ0n) is 14.2. The van der Waals surface area contributed by atoms with Crippen LogP contribution in [-0.2, 0) is 14.4 Å². The predicted molar refractivity (Wildman–Crippen MR) is 96.5 cm³/mol. The number of carboxylic acids is 2. The average Bonchev–Trinajstić information content (AvgIpc) is 2.96. The van der Waals surface area contributed by atoms with Gasteiger partial charge in [0, 0.05) is 17.7 Å². The van der Waals surface area contributed by atoms with Crippen LogP contribution in [-0.4, -0.2) is 58.3 Å². The third-order valence-electron chi connectivity index (χ3n) is 4.13. The van der Waals surface area contributed by atoms with E-state index >= 15 is 0 Å². The van der Waals surface area contributed by atoms with E-state index in [0.717, 1.165) is 22.3 Å². The minimum Gasteiger partial charge on any atom is -0.480 e. The first-order chi connectivity index (χ1) is 13.0. The Morgan fingerprint density at radius 2 is 1.41 bits per heavy atom. The van der Waals surface area contributed by atoms with E-state index in [-0.39, 0.29) is 13.2 Å². The summed E-state index contributed by atoms with van der Waals surface area (Å²) in [4.78, 5) is 26.8. The van der Waals surface area contributed by atoms with Gasteiger partial charge >= 0.3 is 11.9 Å². The molecule has 0 heterocycles. The van der Waals surface area contributed by atoms with Crippen molar-refractivity contribution in [3.05, 3.63) is 59.7 Å². The zero-order valence-corrected chi connectivity index (χ0v) is 14.2. The van der Waals surface area contributed by atoms with Crippen molar-refractivity contribution in [2.75, 3.05) is 13.2 Å². The van der Waals surface area contributed by atoms with Gasteiger partial charge in [0.05, 0.1) is 0 Å². The molecule has 2 aromatic carbocycles. The van der Waals surface area contributed by atoms with Crippen molar-refractivity contribution in [3.63, 3.8) is 0 Å². The molecule has 0 saturated carbocycles. The predicted octanol–water partition coefficient (Wildman–Crippen LogP) is 0.924. The van der Waals surface area contributed by atoms with E-state index < -0.39 is 24.1 Å². The van der Waals surface area contributed by atoms with E-state index in [4.69, 9.17) is 15.1 Å². The normalized spacial score (nSPS) is 13.0. The van der Waals surface area contributed by atoms with Crippen LogP contribution >= 0.6 is 0 Å². The SMILES string of the molecule is O=C(O)C(NC[C@@H](O)CON=C1c2ccccc2-c2ccccc21)C(=O)O. The number of fused-ring (bicyclic) bond motifs is 3. The summed E-state index contributed by atoms with van der Waals surface area (Å²) in [6.45, 7) is -0.478. The Balaban J connectivity index is 1.65. The number of hydrogen-bond acceptors (Lipinski definition) is 6. The van der Waals surface area contributed by atoms with Crippen LogP contribution in [0.4, 0.5) is 0 Å². The molecule has 0 spiro atoms. The molecule has 0 radical (unpaired) electrons. The lowest BCUT2D eigenvalue weighted by Gasteiger charge is -2.13. The van der Waals surface area contributed by atoms with Crippen LogP contribution in [0.5, 0.6) is 0 Å². The van der Waals surface area contributed by atoms with Crippen molar-refractivity contribution in [3.8, 4) is 11.1 Å². The Morgan fingerprint density at radius 1 is 0.926 bits per heavy atom. The Labute approximate surface area is 154 Å². The fourth-order valence-electron chi connectivity index (χ4n) is 2.87. The number of hydrogen-bond donors (Lipinski definition) is 4. The van der Waals surface area contributed by atoms with Gasteiger partial charge in [-0.15, -0.1) is 0 Å².